The molecule has 5 aromatic rings. The van der Waals surface area contributed by atoms with E-state index in [1.165, 1.54) is 29.8 Å². The SMILES string of the molecule is CC(C)c1ccc([C@@H]2c3[nH]c4ccccc4c3C[C@H]3C(=O)N(c4ccccc4C(=O)Nc4ccc(F)cc4)C(=O)N23)cc1. The van der Waals surface area contributed by atoms with Crippen molar-refractivity contribution in [3.8, 4) is 0 Å². The molecule has 2 aliphatic rings. The number of aromatic nitrogens is 1. The zero-order valence-corrected chi connectivity index (χ0v) is 23.7. The summed E-state index contributed by atoms with van der Waals surface area (Å²) in [6.45, 7) is 4.26. The van der Waals surface area contributed by atoms with Crippen LogP contribution < -0.4 is 10.2 Å². The van der Waals surface area contributed by atoms with Gasteiger partial charge in [-0.05, 0) is 65.1 Å². The van der Waals surface area contributed by atoms with Gasteiger partial charge in [-0.1, -0.05) is 68.4 Å². The van der Waals surface area contributed by atoms with Crippen LogP contribution in [0.25, 0.3) is 10.9 Å². The van der Waals surface area contributed by atoms with Gasteiger partial charge in [0.15, 0.2) is 0 Å². The molecule has 7 rings (SSSR count). The normalized spacial score (nSPS) is 17.9. The van der Waals surface area contributed by atoms with Crippen LogP contribution in [-0.4, -0.2) is 33.8 Å². The molecule has 4 amide bonds. The summed E-state index contributed by atoms with van der Waals surface area (Å²) in [6, 6.07) is 26.4. The van der Waals surface area contributed by atoms with Crippen molar-refractivity contribution in [3.05, 3.63) is 131 Å². The van der Waals surface area contributed by atoms with Gasteiger partial charge in [-0.3, -0.25) is 14.5 Å². The minimum absolute atomic E-state index is 0.162. The third kappa shape index (κ3) is 4.37. The molecule has 7 nitrogen and oxygen atoms in total. The second kappa shape index (κ2) is 10.2. The van der Waals surface area contributed by atoms with Gasteiger partial charge in [0.25, 0.3) is 11.8 Å². The highest BCUT2D eigenvalue weighted by Gasteiger charge is 2.53. The Balaban J connectivity index is 1.31. The van der Waals surface area contributed by atoms with E-state index in [1.54, 1.807) is 29.2 Å². The molecule has 4 aromatic carbocycles. The zero-order valence-electron chi connectivity index (χ0n) is 23.7. The van der Waals surface area contributed by atoms with E-state index in [9.17, 15) is 18.8 Å². The molecule has 0 bridgehead atoms. The van der Waals surface area contributed by atoms with Crippen LogP contribution in [0.15, 0.2) is 97.1 Å². The van der Waals surface area contributed by atoms with Crippen LogP contribution >= 0.6 is 0 Å². The van der Waals surface area contributed by atoms with E-state index >= 15 is 0 Å². The summed E-state index contributed by atoms with van der Waals surface area (Å²) in [7, 11) is 0. The maximum atomic E-state index is 14.3. The highest BCUT2D eigenvalue weighted by molar-refractivity contribution is 6.24. The lowest BCUT2D eigenvalue weighted by Gasteiger charge is -2.36. The number of hydrogen-bond acceptors (Lipinski definition) is 3. The van der Waals surface area contributed by atoms with Crippen molar-refractivity contribution in [3.63, 3.8) is 0 Å². The lowest BCUT2D eigenvalue weighted by Crippen LogP contribution is -2.44. The predicted molar refractivity (Wildman–Crippen MR) is 164 cm³/mol. The molecule has 2 N–H and O–H groups in total. The summed E-state index contributed by atoms with van der Waals surface area (Å²) < 4.78 is 13.4. The van der Waals surface area contributed by atoms with Crippen molar-refractivity contribution in [2.45, 2.75) is 38.3 Å². The number of nitrogens with one attached hydrogen (secondary N) is 2. The van der Waals surface area contributed by atoms with Crippen molar-refractivity contribution in [2.24, 2.45) is 0 Å². The Bertz CT molecular complexity index is 1900. The molecule has 2 aliphatic heterocycles. The topological polar surface area (TPSA) is 85.5 Å². The van der Waals surface area contributed by atoms with Crippen molar-refractivity contribution in [1.82, 2.24) is 9.88 Å². The first-order valence-electron chi connectivity index (χ1n) is 14.3. The van der Waals surface area contributed by atoms with Crippen LogP contribution in [-0.2, 0) is 11.2 Å². The zero-order chi connectivity index (χ0) is 29.8. The second-order valence-electron chi connectivity index (χ2n) is 11.3. The number of urea groups is 1. The fourth-order valence-corrected chi connectivity index (χ4v) is 6.30. The van der Waals surface area contributed by atoms with E-state index in [4.69, 9.17) is 0 Å². The highest BCUT2D eigenvalue weighted by Crippen LogP contribution is 2.45. The van der Waals surface area contributed by atoms with Crippen molar-refractivity contribution < 1.29 is 18.8 Å². The molecule has 3 heterocycles. The molecular formula is C35H29FN4O3. The molecule has 0 unspecified atom stereocenters. The van der Waals surface area contributed by atoms with Crippen LogP contribution in [0, 0.1) is 5.82 Å². The van der Waals surface area contributed by atoms with Gasteiger partial charge in [-0.15, -0.1) is 0 Å². The Morgan fingerprint density at radius 3 is 2.35 bits per heavy atom. The number of H-pyrrole nitrogens is 1. The minimum atomic E-state index is -0.748. The van der Waals surface area contributed by atoms with Crippen molar-refractivity contribution in [1.29, 1.82) is 0 Å². The van der Waals surface area contributed by atoms with E-state index in [-0.39, 0.29) is 17.2 Å². The lowest BCUT2D eigenvalue weighted by molar-refractivity contribution is -0.120. The van der Waals surface area contributed by atoms with E-state index in [1.807, 2.05) is 36.4 Å². The largest absolute Gasteiger partial charge is 0.356 e. The number of benzene rings is 4. The first-order valence-corrected chi connectivity index (χ1v) is 14.3. The quantitative estimate of drug-likeness (QED) is 0.219. The molecule has 214 valence electrons. The fourth-order valence-electron chi connectivity index (χ4n) is 6.30. The predicted octanol–water partition coefficient (Wildman–Crippen LogP) is 7.17. The standard InChI is InChI=1S/C35H29FN4O3/c1-20(2)21-11-13-22(14-12-21)32-31-27(25-7-3-5-9-28(25)38-31)19-30-34(42)40(35(43)39(30)32)29-10-6-4-8-26(29)33(41)37-24-17-15-23(36)16-18-24/h3-18,20,30,32,38H,19H2,1-2H3,(H,37,41)/t30-,32+/m0/s1. The van der Waals surface area contributed by atoms with E-state index in [0.29, 0.717) is 18.0 Å². The molecule has 0 spiro atoms. The van der Waals surface area contributed by atoms with Crippen LogP contribution in [0.3, 0.4) is 0 Å². The number of para-hydroxylation sites is 2. The number of aromatic amines is 1. The fraction of sp³-hybridized carbons (Fsp3) is 0.171. The summed E-state index contributed by atoms with van der Waals surface area (Å²) in [5, 5.41) is 3.77. The first-order chi connectivity index (χ1) is 20.8. The number of nitrogens with zero attached hydrogens (tertiary/aromatic N) is 2. The summed E-state index contributed by atoms with van der Waals surface area (Å²) >= 11 is 0. The Morgan fingerprint density at radius 2 is 1.60 bits per heavy atom. The lowest BCUT2D eigenvalue weighted by atomic mass is 9.88. The van der Waals surface area contributed by atoms with Gasteiger partial charge in [-0.25, -0.2) is 14.1 Å². The van der Waals surface area contributed by atoms with Gasteiger partial charge in [0, 0.05) is 28.7 Å². The van der Waals surface area contributed by atoms with E-state index in [2.05, 4.69) is 36.3 Å². The van der Waals surface area contributed by atoms with E-state index in [0.717, 1.165) is 32.6 Å². The summed E-state index contributed by atoms with van der Waals surface area (Å²) in [6.07, 6.45) is 0.352. The average Bonchev–Trinajstić information content (AvgIpc) is 3.51. The van der Waals surface area contributed by atoms with Gasteiger partial charge >= 0.3 is 6.03 Å². The van der Waals surface area contributed by atoms with E-state index < -0.39 is 29.8 Å². The summed E-state index contributed by atoms with van der Waals surface area (Å²) in [5.74, 6) is -0.967. The number of carbonyl (C=O) groups is 3. The molecule has 0 saturated carbocycles. The molecular weight excluding hydrogens is 543 g/mol. The molecule has 0 radical (unpaired) electrons. The second-order valence-corrected chi connectivity index (χ2v) is 11.3. The van der Waals surface area contributed by atoms with Gasteiger partial charge < -0.3 is 10.3 Å². The Morgan fingerprint density at radius 1 is 0.907 bits per heavy atom. The number of amides is 4. The van der Waals surface area contributed by atoms with Crippen molar-refractivity contribution in [2.75, 3.05) is 10.2 Å². The third-order valence-electron chi connectivity index (χ3n) is 8.46. The number of imide groups is 1. The van der Waals surface area contributed by atoms with Gasteiger partial charge in [0.05, 0.1) is 11.3 Å². The first kappa shape index (κ1) is 26.6. The number of halogens is 1. The maximum absolute atomic E-state index is 14.3. The number of anilines is 2. The molecule has 0 aliphatic carbocycles. The van der Waals surface area contributed by atoms with Crippen molar-refractivity contribution >= 4 is 40.1 Å². The third-order valence-corrected chi connectivity index (χ3v) is 8.46. The van der Waals surface area contributed by atoms with Crippen LogP contribution in [0.2, 0.25) is 0 Å². The molecule has 1 saturated heterocycles. The van der Waals surface area contributed by atoms with Gasteiger partial charge in [0.2, 0.25) is 0 Å². The molecule has 43 heavy (non-hydrogen) atoms. The van der Waals surface area contributed by atoms with Crippen LogP contribution in [0.1, 0.15) is 58.5 Å². The molecule has 2 atom stereocenters. The summed E-state index contributed by atoms with van der Waals surface area (Å²) in [5.41, 5.74) is 5.70. The maximum Gasteiger partial charge on any atom is 0.332 e. The average molecular weight is 573 g/mol. The minimum Gasteiger partial charge on any atom is -0.356 e. The van der Waals surface area contributed by atoms with Gasteiger partial charge in [0.1, 0.15) is 17.9 Å². The number of carbonyl (C=O) groups excluding carboxylic acids is 3. The molecule has 1 fully saturated rings. The monoisotopic (exact) mass is 572 g/mol. The Kier molecular flexibility index (Phi) is 6.34. The molecule has 1 aromatic heterocycles. The highest BCUT2D eigenvalue weighted by atomic mass is 19.1. The van der Waals surface area contributed by atoms with Gasteiger partial charge in [-0.2, -0.15) is 0 Å². The summed E-state index contributed by atoms with van der Waals surface area (Å²) in [4.78, 5) is 48.3. The Hall–Kier alpha value is -5.24. The smallest absolute Gasteiger partial charge is 0.332 e. The van der Waals surface area contributed by atoms with Crippen LogP contribution in [0.5, 0.6) is 0 Å². The number of fused-ring (bicyclic) bond motifs is 4. The number of hydrogen-bond donors (Lipinski definition) is 2. The molecule has 8 heteroatoms. The Labute approximate surface area is 247 Å². The van der Waals surface area contributed by atoms with Crippen LogP contribution in [0.4, 0.5) is 20.6 Å². The number of rotatable bonds is 5.